The average Bonchev–Trinajstić information content (AvgIpc) is 3.37. The SMILES string of the molecule is COCCNC(=O)c1ccc(CN2CCn3cccc3C2c2cccc(C)c2)o1. The van der Waals surface area contributed by atoms with Gasteiger partial charge >= 0.3 is 0 Å². The van der Waals surface area contributed by atoms with Gasteiger partial charge in [-0.25, -0.2) is 0 Å². The number of rotatable bonds is 7. The van der Waals surface area contributed by atoms with Gasteiger partial charge in [-0.3, -0.25) is 9.69 Å². The van der Waals surface area contributed by atoms with Crippen molar-refractivity contribution in [2.24, 2.45) is 0 Å². The van der Waals surface area contributed by atoms with Gasteiger partial charge in [-0.1, -0.05) is 29.8 Å². The number of carbonyl (C=O) groups is 1. The summed E-state index contributed by atoms with van der Waals surface area (Å²) < 4.78 is 13.1. The van der Waals surface area contributed by atoms with Crippen LogP contribution in [0.25, 0.3) is 0 Å². The number of furan rings is 1. The Kier molecular flexibility index (Phi) is 5.83. The maximum absolute atomic E-state index is 12.2. The van der Waals surface area contributed by atoms with Gasteiger partial charge in [-0.15, -0.1) is 0 Å². The molecule has 2 aromatic heterocycles. The molecule has 0 spiro atoms. The molecule has 1 N–H and O–H groups in total. The Morgan fingerprint density at radius 1 is 1.21 bits per heavy atom. The summed E-state index contributed by atoms with van der Waals surface area (Å²) in [5, 5.41) is 2.79. The molecular weight excluding hydrogens is 366 g/mol. The van der Waals surface area contributed by atoms with Crippen LogP contribution in [0.4, 0.5) is 0 Å². The van der Waals surface area contributed by atoms with Crippen molar-refractivity contribution in [2.45, 2.75) is 26.1 Å². The van der Waals surface area contributed by atoms with Crippen molar-refractivity contribution in [3.8, 4) is 0 Å². The third-order valence-electron chi connectivity index (χ3n) is 5.33. The van der Waals surface area contributed by atoms with Gasteiger partial charge in [-0.2, -0.15) is 0 Å². The summed E-state index contributed by atoms with van der Waals surface area (Å²) in [5.41, 5.74) is 3.80. The van der Waals surface area contributed by atoms with E-state index in [-0.39, 0.29) is 11.9 Å². The maximum atomic E-state index is 12.2. The van der Waals surface area contributed by atoms with E-state index >= 15 is 0 Å². The molecule has 6 nitrogen and oxygen atoms in total. The zero-order valence-electron chi connectivity index (χ0n) is 16.9. The first-order valence-electron chi connectivity index (χ1n) is 9.97. The van der Waals surface area contributed by atoms with Crippen LogP contribution in [0.5, 0.6) is 0 Å². The third-order valence-corrected chi connectivity index (χ3v) is 5.33. The van der Waals surface area contributed by atoms with Crippen molar-refractivity contribution in [3.63, 3.8) is 0 Å². The number of amides is 1. The zero-order chi connectivity index (χ0) is 20.2. The molecule has 0 saturated heterocycles. The molecule has 1 amide bonds. The first kappa shape index (κ1) is 19.5. The third kappa shape index (κ3) is 4.28. The molecule has 1 aromatic carbocycles. The fourth-order valence-corrected chi connectivity index (χ4v) is 3.96. The summed E-state index contributed by atoms with van der Waals surface area (Å²) in [6.45, 7) is 5.56. The van der Waals surface area contributed by atoms with Gasteiger partial charge in [0.15, 0.2) is 5.76 Å². The number of aryl methyl sites for hydroxylation is 1. The molecule has 3 heterocycles. The van der Waals surface area contributed by atoms with E-state index in [9.17, 15) is 4.79 Å². The summed E-state index contributed by atoms with van der Waals surface area (Å²) in [6.07, 6.45) is 2.14. The molecule has 0 fully saturated rings. The number of nitrogens with zero attached hydrogens (tertiary/aromatic N) is 2. The molecule has 3 aromatic rings. The highest BCUT2D eigenvalue weighted by atomic mass is 16.5. The maximum Gasteiger partial charge on any atom is 0.287 e. The molecule has 152 valence electrons. The standard InChI is InChI=1S/C23H27N3O3/c1-17-5-3-6-18(15-17)22-20-7-4-11-25(20)12-13-26(22)16-19-8-9-21(29-19)23(27)24-10-14-28-2/h3-9,11,15,22H,10,12-14,16H2,1-2H3,(H,24,27). The Morgan fingerprint density at radius 2 is 2.10 bits per heavy atom. The van der Waals surface area contributed by atoms with Gasteiger partial charge in [0, 0.05) is 38.6 Å². The molecule has 1 aliphatic heterocycles. The van der Waals surface area contributed by atoms with Crippen molar-refractivity contribution in [1.82, 2.24) is 14.8 Å². The van der Waals surface area contributed by atoms with Gasteiger partial charge < -0.3 is 19.0 Å². The minimum Gasteiger partial charge on any atom is -0.455 e. The minimum absolute atomic E-state index is 0.155. The Labute approximate surface area is 171 Å². The van der Waals surface area contributed by atoms with Gasteiger partial charge in [0.1, 0.15) is 5.76 Å². The fourth-order valence-electron chi connectivity index (χ4n) is 3.96. The van der Waals surface area contributed by atoms with Crippen LogP contribution in [0.15, 0.2) is 59.1 Å². The van der Waals surface area contributed by atoms with Crippen LogP contribution >= 0.6 is 0 Å². The Bertz CT molecular complexity index is 975. The van der Waals surface area contributed by atoms with Crippen LogP contribution in [-0.4, -0.2) is 42.2 Å². The van der Waals surface area contributed by atoms with Crippen molar-refractivity contribution in [3.05, 3.63) is 83.1 Å². The average molecular weight is 393 g/mol. The lowest BCUT2D eigenvalue weighted by molar-refractivity contribution is 0.0903. The van der Waals surface area contributed by atoms with E-state index in [0.29, 0.717) is 25.5 Å². The first-order chi connectivity index (χ1) is 14.2. The summed E-state index contributed by atoms with van der Waals surface area (Å²) in [5.74, 6) is 0.916. The molecule has 0 saturated carbocycles. The van der Waals surface area contributed by atoms with Crippen molar-refractivity contribution in [1.29, 1.82) is 0 Å². The Balaban J connectivity index is 1.54. The number of carbonyl (C=O) groups excluding carboxylic acids is 1. The van der Waals surface area contributed by atoms with E-state index in [4.69, 9.17) is 9.15 Å². The molecule has 1 aliphatic rings. The van der Waals surface area contributed by atoms with Gasteiger partial charge in [-0.05, 0) is 36.8 Å². The Hall–Kier alpha value is -2.83. The monoisotopic (exact) mass is 393 g/mol. The molecule has 1 unspecified atom stereocenters. The van der Waals surface area contributed by atoms with Gasteiger partial charge in [0.2, 0.25) is 0 Å². The van der Waals surface area contributed by atoms with Gasteiger partial charge in [0.05, 0.1) is 19.2 Å². The largest absolute Gasteiger partial charge is 0.455 e. The number of hydrogen-bond donors (Lipinski definition) is 1. The van der Waals surface area contributed by atoms with Crippen LogP contribution in [-0.2, 0) is 17.8 Å². The van der Waals surface area contributed by atoms with E-state index in [0.717, 1.165) is 18.8 Å². The van der Waals surface area contributed by atoms with Crippen molar-refractivity contribution < 1.29 is 13.9 Å². The quantitative estimate of drug-likeness (QED) is 0.625. The number of aromatic nitrogens is 1. The predicted molar refractivity (Wildman–Crippen MR) is 111 cm³/mol. The van der Waals surface area contributed by atoms with Crippen molar-refractivity contribution in [2.75, 3.05) is 26.8 Å². The highest BCUT2D eigenvalue weighted by molar-refractivity contribution is 5.91. The summed E-state index contributed by atoms with van der Waals surface area (Å²) in [4.78, 5) is 14.6. The molecule has 4 rings (SSSR count). The topological polar surface area (TPSA) is 59.6 Å². The van der Waals surface area contributed by atoms with Gasteiger partial charge in [0.25, 0.3) is 5.91 Å². The smallest absolute Gasteiger partial charge is 0.287 e. The number of benzene rings is 1. The Morgan fingerprint density at radius 3 is 2.93 bits per heavy atom. The van der Waals surface area contributed by atoms with E-state index in [1.807, 2.05) is 6.07 Å². The lowest BCUT2D eigenvalue weighted by Crippen LogP contribution is -2.37. The summed E-state index contributed by atoms with van der Waals surface area (Å²) >= 11 is 0. The summed E-state index contributed by atoms with van der Waals surface area (Å²) in [6, 6.07) is 16.8. The number of fused-ring (bicyclic) bond motifs is 1. The molecule has 0 aliphatic carbocycles. The summed E-state index contributed by atoms with van der Waals surface area (Å²) in [7, 11) is 1.61. The van der Waals surface area contributed by atoms with Crippen LogP contribution < -0.4 is 5.32 Å². The molecule has 29 heavy (non-hydrogen) atoms. The number of ether oxygens (including phenoxy) is 1. The van der Waals surface area contributed by atoms with E-state index in [1.165, 1.54) is 16.8 Å². The van der Waals surface area contributed by atoms with Crippen LogP contribution in [0, 0.1) is 6.92 Å². The van der Waals surface area contributed by atoms with Crippen LogP contribution in [0.3, 0.4) is 0 Å². The molecule has 0 radical (unpaired) electrons. The highest BCUT2D eigenvalue weighted by Crippen LogP contribution is 2.34. The fraction of sp³-hybridized carbons (Fsp3) is 0.348. The number of nitrogens with one attached hydrogen (secondary N) is 1. The van der Waals surface area contributed by atoms with Crippen molar-refractivity contribution >= 4 is 5.91 Å². The van der Waals surface area contributed by atoms with Crippen LogP contribution in [0.1, 0.15) is 39.2 Å². The molecule has 6 heteroatoms. The first-order valence-corrected chi connectivity index (χ1v) is 9.97. The second kappa shape index (κ2) is 8.68. The number of hydrogen-bond acceptors (Lipinski definition) is 4. The highest BCUT2D eigenvalue weighted by Gasteiger charge is 2.29. The lowest BCUT2D eigenvalue weighted by atomic mass is 9.98. The lowest BCUT2D eigenvalue weighted by Gasteiger charge is -2.37. The molecule has 1 atom stereocenters. The predicted octanol–water partition coefficient (Wildman–Crippen LogP) is 3.37. The zero-order valence-corrected chi connectivity index (χ0v) is 16.9. The molecular formula is C23H27N3O3. The van der Waals surface area contributed by atoms with E-state index in [2.05, 4.69) is 64.3 Å². The number of methoxy groups -OCH3 is 1. The van der Waals surface area contributed by atoms with Crippen LogP contribution in [0.2, 0.25) is 0 Å². The normalized spacial score (nSPS) is 16.6. The van der Waals surface area contributed by atoms with E-state index in [1.54, 1.807) is 13.2 Å². The minimum atomic E-state index is -0.212. The second-order valence-electron chi connectivity index (χ2n) is 7.43. The second-order valence-corrected chi connectivity index (χ2v) is 7.43. The van der Waals surface area contributed by atoms with E-state index < -0.39 is 0 Å². The molecule has 0 bridgehead atoms.